The molecule has 0 saturated heterocycles. The molecule has 3 rings (SSSR count). The number of benzene rings is 1. The first-order valence-corrected chi connectivity index (χ1v) is 9.54. The van der Waals surface area contributed by atoms with Gasteiger partial charge in [0.2, 0.25) is 0 Å². The predicted molar refractivity (Wildman–Crippen MR) is 107 cm³/mol. The Morgan fingerprint density at radius 1 is 1.32 bits per heavy atom. The summed E-state index contributed by atoms with van der Waals surface area (Å²) in [6.07, 6.45) is 3.45. The van der Waals surface area contributed by atoms with Crippen LogP contribution in [0.1, 0.15) is 27.3 Å². The van der Waals surface area contributed by atoms with Gasteiger partial charge in [-0.1, -0.05) is 6.07 Å². The van der Waals surface area contributed by atoms with Crippen LogP contribution in [0.15, 0.2) is 42.7 Å². The van der Waals surface area contributed by atoms with Crippen LogP contribution in [0.2, 0.25) is 0 Å². The smallest absolute Gasteiger partial charge is 0.358 e. The van der Waals surface area contributed by atoms with E-state index in [1.165, 1.54) is 0 Å². The van der Waals surface area contributed by atoms with Crippen LogP contribution in [0.4, 0.5) is 10.5 Å². The summed E-state index contributed by atoms with van der Waals surface area (Å²) in [5.41, 5.74) is 1.58. The maximum Gasteiger partial charge on any atom is 0.358 e. The molecule has 2 heterocycles. The van der Waals surface area contributed by atoms with Gasteiger partial charge < -0.3 is 15.0 Å². The normalized spacial score (nSPS) is 10.5. The molecule has 0 aliphatic rings. The molecule has 2 aromatic heterocycles. The molecule has 0 spiro atoms. The molecule has 0 fully saturated rings. The second-order valence-electron chi connectivity index (χ2n) is 6.05. The molecule has 1 aromatic carbocycles. The minimum absolute atomic E-state index is 0.226. The second kappa shape index (κ2) is 8.66. The molecule has 2 amide bonds. The summed E-state index contributed by atoms with van der Waals surface area (Å²) < 4.78 is 6.51. The van der Waals surface area contributed by atoms with Gasteiger partial charge in [-0.05, 0) is 38.1 Å². The summed E-state index contributed by atoms with van der Waals surface area (Å²) in [5.74, 6) is -0.467. The number of anilines is 1. The minimum Gasteiger partial charge on any atom is -0.461 e. The van der Waals surface area contributed by atoms with Gasteiger partial charge in [0.25, 0.3) is 0 Å². The van der Waals surface area contributed by atoms with Crippen LogP contribution in [-0.4, -0.2) is 45.3 Å². The van der Waals surface area contributed by atoms with Crippen molar-refractivity contribution in [3.63, 3.8) is 0 Å². The van der Waals surface area contributed by atoms with Crippen molar-refractivity contribution in [1.29, 1.82) is 0 Å². The molecule has 0 aliphatic carbocycles. The van der Waals surface area contributed by atoms with Gasteiger partial charge in [-0.15, -0.1) is 11.3 Å². The lowest BCUT2D eigenvalue weighted by atomic mass is 10.3. The fraction of sp³-hybridized carbons (Fsp3) is 0.263. The quantitative estimate of drug-likeness (QED) is 0.641. The number of rotatable bonds is 6. The average molecular weight is 399 g/mol. The third-order valence-electron chi connectivity index (χ3n) is 3.84. The van der Waals surface area contributed by atoms with Crippen LogP contribution in [0, 0.1) is 6.92 Å². The summed E-state index contributed by atoms with van der Waals surface area (Å²) >= 11 is 1.57. The molecule has 1 N–H and O–H groups in total. The number of esters is 1. The Morgan fingerprint density at radius 3 is 2.86 bits per heavy atom. The Hall–Kier alpha value is -3.20. The Bertz CT molecular complexity index is 981. The third-order valence-corrected chi connectivity index (χ3v) is 4.74. The van der Waals surface area contributed by atoms with Crippen LogP contribution in [0.25, 0.3) is 5.69 Å². The van der Waals surface area contributed by atoms with E-state index < -0.39 is 5.97 Å². The van der Waals surface area contributed by atoms with E-state index in [4.69, 9.17) is 4.74 Å². The Morgan fingerprint density at radius 2 is 2.14 bits per heavy atom. The SMILES string of the molecule is CCOC(=O)c1ccn(-c2cccc(NC(=O)N(C)Cc3cnc(C)s3)c2)n1. The number of hydrogen-bond donors (Lipinski definition) is 1. The Kier molecular flexibility index (Phi) is 6.05. The van der Waals surface area contributed by atoms with Crippen LogP contribution in [0.3, 0.4) is 0 Å². The van der Waals surface area contributed by atoms with Crippen molar-refractivity contribution < 1.29 is 14.3 Å². The van der Waals surface area contributed by atoms with Crippen molar-refractivity contribution in [3.8, 4) is 5.69 Å². The summed E-state index contributed by atoms with van der Waals surface area (Å²) in [4.78, 5) is 31.0. The first kappa shape index (κ1) is 19.6. The number of carbonyl (C=O) groups is 2. The molecule has 0 radical (unpaired) electrons. The van der Waals surface area contributed by atoms with E-state index in [0.29, 0.717) is 24.5 Å². The van der Waals surface area contributed by atoms with Crippen LogP contribution < -0.4 is 5.32 Å². The highest BCUT2D eigenvalue weighted by Gasteiger charge is 2.13. The molecular weight excluding hydrogens is 378 g/mol. The van der Waals surface area contributed by atoms with Crippen molar-refractivity contribution in [2.45, 2.75) is 20.4 Å². The van der Waals surface area contributed by atoms with E-state index in [2.05, 4.69) is 15.4 Å². The molecule has 0 bridgehead atoms. The standard InChI is InChI=1S/C19H21N5O3S/c1-4-27-18(25)17-8-9-24(22-17)15-7-5-6-14(10-15)21-19(26)23(3)12-16-11-20-13(2)28-16/h5-11H,4,12H2,1-3H3,(H,21,26). The van der Waals surface area contributed by atoms with Gasteiger partial charge in [0.1, 0.15) is 0 Å². The number of nitrogens with zero attached hydrogens (tertiary/aromatic N) is 4. The number of thiazole rings is 1. The van der Waals surface area contributed by atoms with Gasteiger partial charge in [-0.3, -0.25) is 0 Å². The van der Waals surface area contributed by atoms with E-state index in [-0.39, 0.29) is 11.7 Å². The highest BCUT2D eigenvalue weighted by Crippen LogP contribution is 2.17. The molecule has 8 nitrogen and oxygen atoms in total. The lowest BCUT2D eigenvalue weighted by Gasteiger charge is -2.17. The van der Waals surface area contributed by atoms with Crippen LogP contribution >= 0.6 is 11.3 Å². The average Bonchev–Trinajstić information content (AvgIpc) is 3.31. The van der Waals surface area contributed by atoms with Crippen molar-refractivity contribution >= 4 is 29.0 Å². The number of carbonyl (C=O) groups excluding carboxylic acids is 2. The van der Waals surface area contributed by atoms with Gasteiger partial charge in [0.15, 0.2) is 5.69 Å². The monoisotopic (exact) mass is 399 g/mol. The molecule has 0 unspecified atom stereocenters. The third kappa shape index (κ3) is 4.74. The van der Waals surface area contributed by atoms with Gasteiger partial charge in [0, 0.05) is 30.0 Å². The summed E-state index contributed by atoms with van der Waals surface area (Å²) in [5, 5.41) is 8.06. The molecule has 0 atom stereocenters. The zero-order valence-corrected chi connectivity index (χ0v) is 16.7. The number of ether oxygens (including phenoxy) is 1. The zero-order valence-electron chi connectivity index (χ0n) is 15.9. The van der Waals surface area contributed by atoms with Crippen molar-refractivity contribution in [2.24, 2.45) is 0 Å². The second-order valence-corrected chi connectivity index (χ2v) is 7.37. The maximum atomic E-state index is 12.5. The molecule has 0 saturated carbocycles. The van der Waals surface area contributed by atoms with Gasteiger partial charge in [-0.25, -0.2) is 19.3 Å². The molecule has 3 aromatic rings. The predicted octanol–water partition coefficient (Wildman–Crippen LogP) is 3.48. The number of amides is 2. The summed E-state index contributed by atoms with van der Waals surface area (Å²) in [6.45, 7) is 4.46. The Labute approximate surface area is 166 Å². The lowest BCUT2D eigenvalue weighted by molar-refractivity contribution is 0.0519. The number of nitrogens with one attached hydrogen (secondary N) is 1. The van der Waals surface area contributed by atoms with E-state index in [0.717, 1.165) is 9.88 Å². The highest BCUT2D eigenvalue weighted by molar-refractivity contribution is 7.11. The highest BCUT2D eigenvalue weighted by atomic mass is 32.1. The number of aryl methyl sites for hydroxylation is 1. The first-order valence-electron chi connectivity index (χ1n) is 8.73. The number of hydrogen-bond acceptors (Lipinski definition) is 6. The largest absolute Gasteiger partial charge is 0.461 e. The zero-order chi connectivity index (χ0) is 20.1. The summed E-state index contributed by atoms with van der Waals surface area (Å²) in [6, 6.07) is 8.58. The van der Waals surface area contributed by atoms with E-state index in [1.807, 2.05) is 19.1 Å². The minimum atomic E-state index is -0.467. The van der Waals surface area contributed by atoms with Gasteiger partial charge >= 0.3 is 12.0 Å². The molecule has 9 heteroatoms. The molecular formula is C19H21N5O3S. The van der Waals surface area contributed by atoms with Gasteiger partial charge in [-0.2, -0.15) is 5.10 Å². The fourth-order valence-electron chi connectivity index (χ4n) is 2.51. The van der Waals surface area contributed by atoms with Crippen molar-refractivity contribution in [3.05, 3.63) is 58.3 Å². The summed E-state index contributed by atoms with van der Waals surface area (Å²) in [7, 11) is 1.73. The number of aromatic nitrogens is 3. The van der Waals surface area contributed by atoms with Gasteiger partial charge in [0.05, 0.1) is 23.8 Å². The maximum absolute atomic E-state index is 12.5. The van der Waals surface area contributed by atoms with Crippen molar-refractivity contribution in [2.75, 3.05) is 19.0 Å². The lowest BCUT2D eigenvalue weighted by Crippen LogP contribution is -2.30. The van der Waals surface area contributed by atoms with E-state index >= 15 is 0 Å². The van der Waals surface area contributed by atoms with E-state index in [9.17, 15) is 9.59 Å². The fourth-order valence-corrected chi connectivity index (χ4v) is 3.36. The molecule has 146 valence electrons. The first-order chi connectivity index (χ1) is 13.5. The van der Waals surface area contributed by atoms with E-state index in [1.54, 1.807) is 65.5 Å². The molecule has 28 heavy (non-hydrogen) atoms. The molecule has 0 aliphatic heterocycles. The number of urea groups is 1. The van der Waals surface area contributed by atoms with Crippen LogP contribution in [0.5, 0.6) is 0 Å². The Balaban J connectivity index is 1.67. The topological polar surface area (TPSA) is 89.4 Å². The van der Waals surface area contributed by atoms with Crippen molar-refractivity contribution in [1.82, 2.24) is 19.7 Å². The van der Waals surface area contributed by atoms with Crippen LogP contribution in [-0.2, 0) is 11.3 Å².